The molecule has 10 N–H and O–H groups in total. The van der Waals surface area contributed by atoms with E-state index in [2.05, 4.69) is 4.57 Å². The minimum atomic E-state index is -2.13. The molecular weight excluding hydrogens is 279 g/mol. The Hall–Kier alpha value is -0.180. The van der Waals surface area contributed by atoms with Crippen LogP contribution in [0.1, 0.15) is 13.8 Å². The molecule has 0 aliphatic carbocycles. The van der Waals surface area contributed by atoms with Crippen molar-refractivity contribution in [1.82, 2.24) is 0 Å². The highest BCUT2D eigenvalue weighted by Gasteiger charge is 2.18. The van der Waals surface area contributed by atoms with Gasteiger partial charge >= 0.3 is 30.0 Å². The molecule has 0 saturated carbocycles. The molecule has 0 saturated heterocycles. The van der Waals surface area contributed by atoms with Gasteiger partial charge in [0, 0.05) is 5.41 Å². The lowest BCUT2D eigenvalue weighted by Crippen LogP contribution is -2.28. The molecule has 0 unspecified atom stereocenters. The van der Waals surface area contributed by atoms with Gasteiger partial charge in [-0.3, -0.25) is 0 Å². The number of hydrogen-bond acceptors (Lipinski definition) is 11. The van der Waals surface area contributed by atoms with Gasteiger partial charge in [0.1, 0.15) is 0 Å². The Balaban J connectivity index is -0.0000000927. The molecule has 0 aromatic carbocycles. The second-order valence-electron chi connectivity index (χ2n) is 3.55. The first kappa shape index (κ1) is 28.0. The van der Waals surface area contributed by atoms with Crippen LogP contribution in [0.2, 0.25) is 0 Å². The summed E-state index contributed by atoms with van der Waals surface area (Å²) in [4.78, 5) is 0. The van der Waals surface area contributed by atoms with Gasteiger partial charge in [-0.15, -0.1) is 0 Å². The Kier molecular flexibility index (Phi) is 29.6. The molecule has 0 spiro atoms. The van der Waals surface area contributed by atoms with Crippen LogP contribution in [0.15, 0.2) is 0 Å². The first-order valence-corrected chi connectivity index (χ1v) is 5.11. The van der Waals surface area contributed by atoms with Gasteiger partial charge in [0.25, 0.3) is 0 Å². The number of hydrogen-bond donors (Lipinski definition) is 10. The third-order valence-electron chi connectivity index (χ3n) is 1.10. The van der Waals surface area contributed by atoms with Crippen molar-refractivity contribution >= 4 is 30.0 Å². The van der Waals surface area contributed by atoms with E-state index in [4.69, 9.17) is 50.4 Å². The Morgan fingerprint density at radius 1 is 0.800 bits per heavy atom. The fraction of sp³-hybridized carbons (Fsp3) is 1.00. The first-order chi connectivity index (χ1) is 9.08. The van der Waals surface area contributed by atoms with Gasteiger partial charge in [-0.25, -0.2) is 0 Å². The van der Waals surface area contributed by atoms with Gasteiger partial charge in [-0.2, -0.15) is 0 Å². The molecule has 0 amide bonds. The number of aliphatic hydroxyl groups excluding tert-OH is 2. The summed E-state index contributed by atoms with van der Waals surface area (Å²) in [6.07, 6.45) is 0. The summed E-state index contributed by atoms with van der Waals surface area (Å²) >= 11 is 0. The van der Waals surface area contributed by atoms with E-state index in [1.165, 1.54) is 0 Å². The van der Waals surface area contributed by atoms with Crippen LogP contribution in [-0.2, 0) is 4.57 Å². The highest BCUT2D eigenvalue weighted by atomic mass is 16.7. The molecule has 0 heterocycles. The van der Waals surface area contributed by atoms with Gasteiger partial charge < -0.3 is 55.0 Å². The zero-order chi connectivity index (χ0) is 17.2. The van der Waals surface area contributed by atoms with E-state index in [-0.39, 0.29) is 18.6 Å². The van der Waals surface area contributed by atoms with Gasteiger partial charge in [0.05, 0.1) is 13.2 Å². The minimum absolute atomic E-state index is 0.0451. The quantitative estimate of drug-likeness (QED) is 0.220. The summed E-state index contributed by atoms with van der Waals surface area (Å²) in [5.74, 6) is 0. The molecule has 20 heavy (non-hydrogen) atoms. The maximum atomic E-state index is 8.43. The van der Waals surface area contributed by atoms with Crippen LogP contribution in [0.3, 0.4) is 0 Å². The second-order valence-corrected chi connectivity index (χ2v) is 3.55. The Morgan fingerprint density at radius 3 is 1.00 bits per heavy atom. The largest absolute Gasteiger partial charge is 0.621 e. The monoisotopic (exact) mass is 302 g/mol. The standard InChI is InChI=1S/C5H12O2.B2H4O5.2BH3O2/c1-5(2,3-6)4-7;3-1(4)7-2(5)6;2*2-1-3/h6-7H,3-4H2,1-2H3;3-6H;2*1-3H. The third-order valence-corrected chi connectivity index (χ3v) is 1.10. The third kappa shape index (κ3) is 52.3. The van der Waals surface area contributed by atoms with Gasteiger partial charge in [-0.05, 0) is 0 Å². The van der Waals surface area contributed by atoms with Crippen LogP contribution in [0, 0.1) is 5.41 Å². The van der Waals surface area contributed by atoms with Crippen molar-refractivity contribution in [1.29, 1.82) is 0 Å². The van der Waals surface area contributed by atoms with Crippen LogP contribution in [0.25, 0.3) is 0 Å². The van der Waals surface area contributed by atoms with Crippen molar-refractivity contribution in [3.63, 3.8) is 0 Å². The van der Waals surface area contributed by atoms with Crippen LogP contribution in [0.4, 0.5) is 0 Å². The van der Waals surface area contributed by atoms with Crippen molar-refractivity contribution in [3.8, 4) is 0 Å². The van der Waals surface area contributed by atoms with Gasteiger partial charge in [0.2, 0.25) is 0 Å². The van der Waals surface area contributed by atoms with E-state index in [1.54, 1.807) is 13.8 Å². The van der Waals surface area contributed by atoms with E-state index in [0.29, 0.717) is 0 Å². The van der Waals surface area contributed by atoms with Crippen LogP contribution in [-0.4, -0.2) is 93.6 Å². The molecule has 120 valence electrons. The molecule has 0 rings (SSSR count). The maximum absolute atomic E-state index is 8.43. The van der Waals surface area contributed by atoms with Crippen molar-refractivity contribution in [3.05, 3.63) is 0 Å². The summed E-state index contributed by atoms with van der Waals surface area (Å²) < 4.78 is 3.47. The predicted molar refractivity (Wildman–Crippen MR) is 72.6 cm³/mol. The molecule has 0 aliphatic rings. The summed E-state index contributed by atoms with van der Waals surface area (Å²) in [5, 5.41) is 76.3. The lowest BCUT2D eigenvalue weighted by molar-refractivity contribution is 0.0857. The molecule has 0 fully saturated rings. The molecule has 11 nitrogen and oxygen atoms in total. The van der Waals surface area contributed by atoms with Crippen molar-refractivity contribution in [2.24, 2.45) is 5.41 Å². The van der Waals surface area contributed by atoms with E-state index in [1.807, 2.05) is 0 Å². The van der Waals surface area contributed by atoms with Crippen molar-refractivity contribution in [2.75, 3.05) is 13.2 Å². The summed E-state index contributed by atoms with van der Waals surface area (Å²) in [6.45, 7) is 3.69. The summed E-state index contributed by atoms with van der Waals surface area (Å²) in [5.41, 5.74) is -0.306. The molecule has 0 bridgehead atoms. The lowest BCUT2D eigenvalue weighted by Gasteiger charge is -2.16. The van der Waals surface area contributed by atoms with E-state index in [0.717, 1.165) is 0 Å². The molecular formula is C5H22B4O11. The lowest BCUT2D eigenvalue weighted by atomic mass is 9.97. The van der Waals surface area contributed by atoms with Crippen LogP contribution >= 0.6 is 0 Å². The van der Waals surface area contributed by atoms with E-state index < -0.39 is 30.0 Å². The molecule has 15 heteroatoms. The van der Waals surface area contributed by atoms with Gasteiger partial charge in [-0.1, -0.05) is 13.8 Å². The normalized spacial score (nSPS) is 8.60. The average molecular weight is 301 g/mol. The first-order valence-electron chi connectivity index (χ1n) is 5.11. The fourth-order valence-corrected chi connectivity index (χ4v) is 0.159. The van der Waals surface area contributed by atoms with E-state index >= 15 is 0 Å². The fourth-order valence-electron chi connectivity index (χ4n) is 0.159. The maximum Gasteiger partial charge on any atom is 0.621 e. The van der Waals surface area contributed by atoms with Crippen LogP contribution < -0.4 is 0 Å². The van der Waals surface area contributed by atoms with E-state index in [9.17, 15) is 0 Å². The topological polar surface area (TPSA) is 212 Å². The highest BCUT2D eigenvalue weighted by Crippen LogP contribution is 2.10. The van der Waals surface area contributed by atoms with Crippen LogP contribution in [0.5, 0.6) is 0 Å². The summed E-state index contributed by atoms with van der Waals surface area (Å²) in [6, 6.07) is 0. The Labute approximate surface area is 118 Å². The Morgan fingerprint density at radius 2 is 1.00 bits per heavy atom. The molecule has 0 aromatic heterocycles. The second kappa shape index (κ2) is 21.1. The average Bonchev–Trinajstić information content (AvgIpc) is 2.30. The molecule has 0 aliphatic heterocycles. The summed E-state index contributed by atoms with van der Waals surface area (Å²) in [7, 11) is -5.75. The smallest absolute Gasteiger partial charge is 0.430 e. The molecule has 0 aromatic rings. The molecule has 0 atom stereocenters. The molecule has 0 radical (unpaired) electrons. The predicted octanol–water partition coefficient (Wildman–Crippen LogP) is -6.59. The highest BCUT2D eigenvalue weighted by molar-refractivity contribution is 6.48. The van der Waals surface area contributed by atoms with Crippen molar-refractivity contribution in [2.45, 2.75) is 13.8 Å². The number of rotatable bonds is 4. The minimum Gasteiger partial charge on any atom is -0.430 e. The zero-order valence-corrected chi connectivity index (χ0v) is 11.4. The van der Waals surface area contributed by atoms with Crippen molar-refractivity contribution < 1.29 is 55.0 Å². The SMILES string of the molecule is CC(C)(CO)CO.OB(O)OB(O)O.OBO.OBO. The zero-order valence-electron chi connectivity index (χ0n) is 11.4. The number of aliphatic hydroxyl groups is 2. The Bertz CT molecular complexity index is 146. The van der Waals surface area contributed by atoms with Gasteiger partial charge in [0.15, 0.2) is 0 Å².